The Labute approximate surface area is 222 Å². The first-order valence-corrected chi connectivity index (χ1v) is 12.8. The van der Waals surface area contributed by atoms with Gasteiger partial charge in [-0.2, -0.15) is 0 Å². The molecule has 0 fully saturated rings. The summed E-state index contributed by atoms with van der Waals surface area (Å²) >= 11 is 12.3. The van der Waals surface area contributed by atoms with Crippen molar-refractivity contribution in [1.82, 2.24) is 25.5 Å². The van der Waals surface area contributed by atoms with Crippen LogP contribution in [0.4, 0.5) is 15.5 Å². The van der Waals surface area contributed by atoms with Crippen LogP contribution >= 0.6 is 23.2 Å². The Balaban J connectivity index is 1.69. The highest BCUT2D eigenvalue weighted by Gasteiger charge is 2.25. The van der Waals surface area contributed by atoms with Crippen molar-refractivity contribution in [2.24, 2.45) is 0 Å². The number of halogens is 2. The number of nitrogens with zero attached hydrogens (tertiary/aromatic N) is 3. The van der Waals surface area contributed by atoms with Gasteiger partial charge in [0.05, 0.1) is 28.3 Å². The minimum absolute atomic E-state index is 0.201. The molecule has 3 amide bonds. The Hall–Kier alpha value is -2.78. The number of alkyl carbamates (subject to hydrolysis) is 1. The topological polar surface area (TPSA) is 108 Å². The third-order valence-electron chi connectivity index (χ3n) is 5.40. The van der Waals surface area contributed by atoms with E-state index in [0.29, 0.717) is 48.5 Å². The molecule has 0 bridgehead atoms. The van der Waals surface area contributed by atoms with Gasteiger partial charge < -0.3 is 25.6 Å². The largest absolute Gasteiger partial charge is 0.444 e. The molecule has 1 atom stereocenters. The lowest BCUT2D eigenvalue weighted by Gasteiger charge is -2.30. The highest BCUT2D eigenvalue weighted by Crippen LogP contribution is 2.27. The highest BCUT2D eigenvalue weighted by atomic mass is 35.5. The van der Waals surface area contributed by atoms with Crippen LogP contribution in [0.15, 0.2) is 24.4 Å². The number of rotatable bonds is 7. The van der Waals surface area contributed by atoms with Crippen molar-refractivity contribution < 1.29 is 14.3 Å². The summed E-state index contributed by atoms with van der Waals surface area (Å²) in [6.07, 6.45) is 2.41. The van der Waals surface area contributed by atoms with Gasteiger partial charge in [-0.3, -0.25) is 0 Å². The number of carbonyl (C=O) groups is 2. The molecule has 0 aliphatic carbocycles. The Bertz CT molecular complexity index is 1090. The van der Waals surface area contributed by atoms with Gasteiger partial charge in [0.25, 0.3) is 0 Å². The van der Waals surface area contributed by atoms with Crippen LogP contribution in [0.3, 0.4) is 0 Å². The summed E-state index contributed by atoms with van der Waals surface area (Å²) in [5.41, 5.74) is 2.05. The van der Waals surface area contributed by atoms with E-state index in [1.165, 1.54) is 0 Å². The van der Waals surface area contributed by atoms with E-state index in [1.54, 1.807) is 37.8 Å². The molecule has 1 aliphatic rings. The summed E-state index contributed by atoms with van der Waals surface area (Å²) < 4.78 is 5.30. The summed E-state index contributed by atoms with van der Waals surface area (Å²) in [7, 11) is 0. The molecule has 11 heteroatoms. The summed E-state index contributed by atoms with van der Waals surface area (Å²) in [5, 5.41) is 9.84. The van der Waals surface area contributed by atoms with E-state index in [-0.39, 0.29) is 12.1 Å². The van der Waals surface area contributed by atoms with Crippen LogP contribution in [0, 0.1) is 0 Å². The minimum atomic E-state index is -0.597. The normalized spacial score (nSPS) is 14.2. The van der Waals surface area contributed by atoms with Crippen molar-refractivity contribution >= 4 is 41.3 Å². The van der Waals surface area contributed by atoms with Gasteiger partial charge in [-0.1, -0.05) is 29.3 Å². The summed E-state index contributed by atoms with van der Waals surface area (Å²) in [4.78, 5) is 36.0. The van der Waals surface area contributed by atoms with Crippen LogP contribution in [0.5, 0.6) is 0 Å². The van der Waals surface area contributed by atoms with Crippen molar-refractivity contribution in [3.05, 3.63) is 51.3 Å². The second-order valence-corrected chi connectivity index (χ2v) is 10.8. The Morgan fingerprint density at radius 1 is 1.19 bits per heavy atom. The number of nitrogens with one attached hydrogen (secondary N) is 3. The molecular formula is C25H34Cl2N6O3. The number of ether oxygens (including phenoxy) is 1. The van der Waals surface area contributed by atoms with E-state index >= 15 is 0 Å². The zero-order valence-corrected chi connectivity index (χ0v) is 22.8. The molecule has 2 heterocycles. The quantitative estimate of drug-likeness (QED) is 0.441. The van der Waals surface area contributed by atoms with E-state index in [2.05, 4.69) is 25.9 Å². The summed E-state index contributed by atoms with van der Waals surface area (Å²) in [6, 6.07) is 4.79. The van der Waals surface area contributed by atoms with Crippen LogP contribution in [0.2, 0.25) is 10.0 Å². The maximum atomic E-state index is 13.3. The van der Waals surface area contributed by atoms with Gasteiger partial charge in [0.1, 0.15) is 5.60 Å². The maximum Gasteiger partial charge on any atom is 0.407 e. The molecule has 1 aromatic carbocycles. The molecule has 1 aliphatic heterocycles. The number of fused-ring (bicyclic) bond motifs is 1. The fourth-order valence-corrected chi connectivity index (χ4v) is 4.04. The molecule has 0 saturated carbocycles. The number of hydrogen-bond acceptors (Lipinski definition) is 6. The molecule has 1 unspecified atom stereocenters. The molecule has 36 heavy (non-hydrogen) atoms. The number of carbonyl (C=O) groups excluding carboxylic acids is 2. The maximum absolute atomic E-state index is 13.3. The molecule has 0 spiro atoms. The van der Waals surface area contributed by atoms with Crippen molar-refractivity contribution in [3.63, 3.8) is 0 Å². The lowest BCUT2D eigenvalue weighted by atomic mass is 10.0. The fraction of sp³-hybridized carbons (Fsp3) is 0.520. The third-order valence-corrected chi connectivity index (χ3v) is 6.13. The molecule has 3 rings (SSSR count). The van der Waals surface area contributed by atoms with E-state index in [0.717, 1.165) is 16.8 Å². The highest BCUT2D eigenvalue weighted by molar-refractivity contribution is 6.42. The number of anilines is 1. The molecule has 9 nitrogen and oxygen atoms in total. The van der Waals surface area contributed by atoms with Gasteiger partial charge in [0.15, 0.2) is 0 Å². The Kier molecular flexibility index (Phi) is 9.24. The van der Waals surface area contributed by atoms with E-state index in [9.17, 15) is 9.59 Å². The van der Waals surface area contributed by atoms with Gasteiger partial charge in [0, 0.05) is 25.3 Å². The number of amides is 3. The van der Waals surface area contributed by atoms with Crippen LogP contribution < -0.4 is 16.0 Å². The Morgan fingerprint density at radius 3 is 2.61 bits per heavy atom. The monoisotopic (exact) mass is 536 g/mol. The molecule has 196 valence electrons. The number of hydrogen-bond donors (Lipinski definition) is 3. The number of urea groups is 1. The lowest BCUT2D eigenvalue weighted by molar-refractivity contribution is 0.0526. The third kappa shape index (κ3) is 8.13. The predicted molar refractivity (Wildman–Crippen MR) is 141 cm³/mol. The molecule has 2 aromatic rings. The molecular weight excluding hydrogens is 503 g/mol. The first-order valence-electron chi connectivity index (χ1n) is 12.0. The van der Waals surface area contributed by atoms with Crippen molar-refractivity contribution in [2.45, 2.75) is 71.7 Å². The second-order valence-electron chi connectivity index (χ2n) is 10.0. The molecule has 3 N–H and O–H groups in total. The van der Waals surface area contributed by atoms with E-state index < -0.39 is 17.7 Å². The fourth-order valence-electron chi connectivity index (χ4n) is 3.73. The van der Waals surface area contributed by atoms with Crippen molar-refractivity contribution in [3.8, 4) is 0 Å². The van der Waals surface area contributed by atoms with Gasteiger partial charge >= 0.3 is 12.1 Å². The van der Waals surface area contributed by atoms with Gasteiger partial charge in [-0.25, -0.2) is 19.6 Å². The zero-order valence-electron chi connectivity index (χ0n) is 21.3. The first kappa shape index (κ1) is 27.8. The average Bonchev–Trinajstić information content (AvgIpc) is 2.78. The summed E-state index contributed by atoms with van der Waals surface area (Å²) in [6.45, 7) is 10.6. The van der Waals surface area contributed by atoms with Gasteiger partial charge in [-0.05, 0) is 70.7 Å². The van der Waals surface area contributed by atoms with Crippen molar-refractivity contribution in [2.75, 3.05) is 18.4 Å². The molecule has 0 radical (unpaired) electrons. The SMILES string of the molecule is CC(C)Nc1ncc2c(n1)CN(C(=O)NC(CCNC(=O)OC(C)(C)C)c1ccc(Cl)c(Cl)c1)CC2. The molecule has 1 aromatic heterocycles. The smallest absolute Gasteiger partial charge is 0.407 e. The standard InChI is InChI=1S/C25H34Cl2N6O3/c1-15(2)30-22-29-13-17-9-11-33(14-21(17)31-22)23(34)32-20(16-6-7-18(26)19(27)12-16)8-10-28-24(35)36-25(3,4)5/h6-7,12-13,15,20H,8-11,14H2,1-5H3,(H,28,35)(H,32,34)(H,29,30,31). The summed E-state index contributed by atoms with van der Waals surface area (Å²) in [5.74, 6) is 0.549. The van der Waals surface area contributed by atoms with Crippen LogP contribution in [-0.4, -0.2) is 51.7 Å². The predicted octanol–water partition coefficient (Wildman–Crippen LogP) is 5.33. The van der Waals surface area contributed by atoms with Gasteiger partial charge in [0.2, 0.25) is 5.95 Å². The zero-order chi connectivity index (χ0) is 26.5. The van der Waals surface area contributed by atoms with Crippen LogP contribution in [0.1, 0.15) is 63.9 Å². The lowest BCUT2D eigenvalue weighted by Crippen LogP contribution is -2.45. The number of aromatic nitrogens is 2. The van der Waals surface area contributed by atoms with E-state index in [4.69, 9.17) is 27.9 Å². The molecule has 0 saturated heterocycles. The van der Waals surface area contributed by atoms with E-state index in [1.807, 2.05) is 26.1 Å². The van der Waals surface area contributed by atoms with Gasteiger partial charge in [-0.15, -0.1) is 0 Å². The minimum Gasteiger partial charge on any atom is -0.444 e. The second kappa shape index (κ2) is 12.0. The number of benzene rings is 1. The van der Waals surface area contributed by atoms with Crippen molar-refractivity contribution in [1.29, 1.82) is 0 Å². The van der Waals surface area contributed by atoms with Crippen LogP contribution in [0.25, 0.3) is 0 Å². The average molecular weight is 537 g/mol. The Morgan fingerprint density at radius 2 is 1.94 bits per heavy atom. The first-order chi connectivity index (χ1) is 16.9. The van der Waals surface area contributed by atoms with Crippen LogP contribution in [-0.2, 0) is 17.7 Å².